The van der Waals surface area contributed by atoms with Crippen LogP contribution < -0.4 is 0 Å². The van der Waals surface area contributed by atoms with Crippen molar-refractivity contribution in [2.75, 3.05) is 20.2 Å². The van der Waals surface area contributed by atoms with Crippen molar-refractivity contribution < 1.29 is 51.7 Å². The summed E-state index contributed by atoms with van der Waals surface area (Å²) in [6, 6.07) is 15.1. The Kier molecular flexibility index (Phi) is 13.8. The molecule has 0 unspecified atom stereocenters. The minimum atomic E-state index is -1.03. The smallest absolute Gasteiger partial charge is 0.379 e. The molecule has 254 valence electrons. The Morgan fingerprint density at radius 2 is 1.33 bits per heavy atom. The molecule has 4 aromatic rings. The van der Waals surface area contributed by atoms with Gasteiger partial charge in [0.25, 0.3) is 17.5 Å². The van der Waals surface area contributed by atoms with Gasteiger partial charge in [-0.15, -0.1) is 0 Å². The summed E-state index contributed by atoms with van der Waals surface area (Å²) in [5.74, 6) is -3.53. The molecule has 3 heterocycles. The van der Waals surface area contributed by atoms with E-state index in [2.05, 4.69) is 4.74 Å². The van der Waals surface area contributed by atoms with Crippen LogP contribution in [-0.4, -0.2) is 58.8 Å². The molecule has 0 radical (unpaired) electrons. The van der Waals surface area contributed by atoms with Crippen molar-refractivity contribution in [3.05, 3.63) is 130 Å². The number of aliphatic hydroxyl groups is 2. The first-order valence-electron chi connectivity index (χ1n) is 13.9. The van der Waals surface area contributed by atoms with Crippen molar-refractivity contribution in [3.8, 4) is 0 Å². The van der Waals surface area contributed by atoms with Crippen LogP contribution in [0.3, 0.4) is 0 Å². The first kappa shape index (κ1) is 38.4. The number of amides is 1. The van der Waals surface area contributed by atoms with Crippen molar-refractivity contribution in [2.24, 2.45) is 0 Å². The predicted octanol–water partition coefficient (Wildman–Crippen LogP) is 6.63. The Hall–Kier alpha value is -5.78. The monoisotopic (exact) mass is 665 g/mol. The number of likely N-dealkylation sites (tertiary alicyclic amines) is 1. The van der Waals surface area contributed by atoms with Gasteiger partial charge in [0.05, 0.1) is 29.9 Å². The molecule has 0 aliphatic carbocycles. The van der Waals surface area contributed by atoms with Crippen LogP contribution >= 0.6 is 0 Å². The summed E-state index contributed by atoms with van der Waals surface area (Å²) in [7, 11) is 1.50. The topological polar surface area (TPSA) is 147 Å². The van der Waals surface area contributed by atoms with Gasteiger partial charge in [-0.05, 0) is 54.4 Å². The second-order valence-corrected chi connectivity index (χ2v) is 10.1. The number of benzene rings is 2. The summed E-state index contributed by atoms with van der Waals surface area (Å²) in [6.07, 6.45) is 4.21. The molecule has 2 aromatic carbocycles. The van der Waals surface area contributed by atoms with Crippen molar-refractivity contribution in [2.45, 2.75) is 34.6 Å². The summed E-state index contributed by atoms with van der Waals surface area (Å²) in [5.41, 5.74) is 2.35. The van der Waals surface area contributed by atoms with E-state index in [1.165, 1.54) is 54.8 Å². The largest absolute Gasteiger partial charge is 0.507 e. The van der Waals surface area contributed by atoms with E-state index >= 15 is 0 Å². The summed E-state index contributed by atoms with van der Waals surface area (Å²) >= 11 is 0. The van der Waals surface area contributed by atoms with Gasteiger partial charge in [0.15, 0.2) is 0 Å². The minimum absolute atomic E-state index is 0. The molecule has 1 amide bonds. The lowest BCUT2D eigenvalue weighted by atomic mass is 10.1. The number of carbonyl (C=O) groups is 4. The third-order valence-electron chi connectivity index (χ3n) is 6.70. The van der Waals surface area contributed by atoms with Gasteiger partial charge in [-0.25, -0.2) is 13.6 Å². The molecule has 1 aliphatic heterocycles. The lowest BCUT2D eigenvalue weighted by molar-refractivity contribution is -0.151. The minimum Gasteiger partial charge on any atom is -0.507 e. The highest BCUT2D eigenvalue weighted by Gasteiger charge is 2.34. The summed E-state index contributed by atoms with van der Waals surface area (Å²) in [5, 5.41) is 20.1. The summed E-state index contributed by atoms with van der Waals surface area (Å²) in [4.78, 5) is 47.2. The number of halogens is 2. The van der Waals surface area contributed by atoms with Crippen molar-refractivity contribution >= 4 is 35.0 Å². The van der Waals surface area contributed by atoms with Gasteiger partial charge < -0.3 is 28.7 Å². The molecule has 0 saturated carbocycles. The average molecular weight is 666 g/mol. The van der Waals surface area contributed by atoms with Crippen LogP contribution in [0.4, 0.5) is 8.78 Å². The number of nitrogens with zero attached hydrogens (tertiary/aromatic N) is 1. The van der Waals surface area contributed by atoms with E-state index in [1.54, 1.807) is 37.3 Å². The Balaban J connectivity index is 0.000000320. The highest BCUT2D eigenvalue weighted by Crippen LogP contribution is 2.25. The SMILES string of the molecule is C.C.CCOC(=O)C(=O)C=C(O)c1coc(Cc2ccc(F)cc2)c1.CN1CC(=C(O)c2coc(Cc3ccc(F)cc3)c2)C(=O)C1=O. The third-order valence-corrected chi connectivity index (χ3v) is 6.70. The van der Waals surface area contributed by atoms with Crippen LogP contribution in [0.25, 0.3) is 11.5 Å². The van der Waals surface area contributed by atoms with E-state index in [9.17, 15) is 38.2 Å². The number of ether oxygens (including phenoxy) is 1. The lowest BCUT2D eigenvalue weighted by Crippen LogP contribution is -2.22. The van der Waals surface area contributed by atoms with Crippen LogP contribution in [0, 0.1) is 11.6 Å². The Bertz CT molecular complexity index is 1800. The van der Waals surface area contributed by atoms with Crippen LogP contribution in [0.5, 0.6) is 0 Å². The van der Waals surface area contributed by atoms with Gasteiger partial charge in [-0.2, -0.15) is 0 Å². The Morgan fingerprint density at radius 1 is 0.854 bits per heavy atom. The molecule has 2 N–H and O–H groups in total. The number of ketones is 2. The number of hydrogen-bond donors (Lipinski definition) is 2. The number of hydrogen-bond acceptors (Lipinski definition) is 9. The molecule has 48 heavy (non-hydrogen) atoms. The Morgan fingerprint density at radius 3 is 1.79 bits per heavy atom. The number of likely N-dealkylation sites (N-methyl/N-ethyl adjacent to an activating group) is 1. The molecule has 1 aliphatic rings. The highest BCUT2D eigenvalue weighted by molar-refractivity contribution is 6.46. The lowest BCUT2D eigenvalue weighted by Gasteiger charge is -2.03. The van der Waals surface area contributed by atoms with E-state index in [1.807, 2.05) is 0 Å². The fourth-order valence-corrected chi connectivity index (χ4v) is 4.32. The zero-order chi connectivity index (χ0) is 33.4. The van der Waals surface area contributed by atoms with Gasteiger partial charge in [-0.1, -0.05) is 39.1 Å². The van der Waals surface area contributed by atoms with Gasteiger partial charge >= 0.3 is 5.97 Å². The van der Waals surface area contributed by atoms with Gasteiger partial charge in [-0.3, -0.25) is 14.4 Å². The first-order chi connectivity index (χ1) is 21.9. The fraction of sp³-hybridized carbons (Fsp3) is 0.222. The maximum absolute atomic E-state index is 12.9. The van der Waals surface area contributed by atoms with Crippen molar-refractivity contribution in [1.29, 1.82) is 0 Å². The standard InChI is InChI=1S/C17H14FNO4.C17H15FO5.2CH4/c1-19-8-14(16(21)17(19)22)15(20)11-7-13(23-9-11)6-10-2-4-12(18)5-3-10;1-2-22-17(21)16(20)9-15(19)12-8-14(23-10-12)7-11-3-5-13(18)6-4-11;;/h2-5,7,9,20H,6,8H2,1H3;3-6,8-10,19H,2,7H2,1H3;2*1H4. The second kappa shape index (κ2) is 17.2. The first-order valence-corrected chi connectivity index (χ1v) is 13.9. The second-order valence-electron chi connectivity index (χ2n) is 10.1. The maximum Gasteiger partial charge on any atom is 0.379 e. The normalized spacial score (nSPS) is 13.6. The van der Waals surface area contributed by atoms with Crippen LogP contribution in [0.2, 0.25) is 0 Å². The molecule has 0 bridgehead atoms. The molecule has 5 rings (SSSR count). The fourth-order valence-electron chi connectivity index (χ4n) is 4.32. The van der Waals surface area contributed by atoms with Gasteiger partial charge in [0, 0.05) is 26.0 Å². The Labute approximate surface area is 276 Å². The summed E-state index contributed by atoms with van der Waals surface area (Å²) < 4.78 is 40.9. The molecule has 0 atom stereocenters. The van der Waals surface area contributed by atoms with E-state index < -0.39 is 29.2 Å². The van der Waals surface area contributed by atoms with Crippen molar-refractivity contribution in [1.82, 2.24) is 4.90 Å². The summed E-state index contributed by atoms with van der Waals surface area (Å²) in [6.45, 7) is 1.72. The maximum atomic E-state index is 12.9. The van der Waals surface area contributed by atoms with Crippen LogP contribution in [-0.2, 0) is 36.8 Å². The zero-order valence-electron chi connectivity index (χ0n) is 24.8. The highest BCUT2D eigenvalue weighted by atomic mass is 19.1. The number of esters is 1. The number of carbonyl (C=O) groups excluding carboxylic acids is 4. The molecular weight excluding hydrogens is 628 g/mol. The molecule has 2 aromatic heterocycles. The van der Waals surface area contributed by atoms with Gasteiger partial charge in [0.1, 0.15) is 47.2 Å². The van der Waals surface area contributed by atoms with E-state index in [0.29, 0.717) is 29.9 Å². The average Bonchev–Trinajstić information content (AvgIpc) is 3.76. The predicted molar refractivity (Wildman–Crippen MR) is 174 cm³/mol. The number of aliphatic hydroxyl groups excluding tert-OH is 2. The molecule has 12 heteroatoms. The molecule has 1 fully saturated rings. The number of Topliss-reactive ketones (excluding diaryl/α,β-unsaturated/α-hetero) is 1. The number of furan rings is 2. The number of rotatable bonds is 9. The molecule has 10 nitrogen and oxygen atoms in total. The zero-order valence-corrected chi connectivity index (χ0v) is 24.8. The molecule has 1 saturated heterocycles. The van der Waals surface area contributed by atoms with Crippen LogP contribution in [0.1, 0.15) is 55.6 Å². The quantitative estimate of drug-likeness (QED) is 0.0870. The molecule has 0 spiro atoms. The third kappa shape index (κ3) is 9.86. The van der Waals surface area contributed by atoms with Crippen molar-refractivity contribution in [3.63, 3.8) is 0 Å². The van der Waals surface area contributed by atoms with E-state index in [4.69, 9.17) is 8.83 Å². The van der Waals surface area contributed by atoms with E-state index in [-0.39, 0.29) is 56.5 Å². The molecular formula is C36H37F2NO9. The van der Waals surface area contributed by atoms with E-state index in [0.717, 1.165) is 17.2 Å². The van der Waals surface area contributed by atoms with Gasteiger partial charge in [0.2, 0.25) is 0 Å². The van der Waals surface area contributed by atoms with Crippen LogP contribution in [0.15, 0.2) is 93.7 Å².